The van der Waals surface area contributed by atoms with E-state index in [2.05, 4.69) is 104 Å². The Morgan fingerprint density at radius 3 is 1.55 bits per heavy atom. The Bertz CT molecular complexity index is 678. The number of para-hydroxylation sites is 1. The minimum absolute atomic E-state index is 0.251. The maximum absolute atomic E-state index is 2.24. The van der Waals surface area contributed by atoms with Crippen LogP contribution in [-0.2, 0) is 0 Å². The number of nitrogens with zero attached hydrogens (tertiary/aromatic N) is 1. The molecule has 0 aliphatic heterocycles. The Hall–Kier alpha value is -2.54. The van der Waals surface area contributed by atoms with Gasteiger partial charge in [-0.15, -0.1) is 0 Å². The van der Waals surface area contributed by atoms with Gasteiger partial charge in [0.1, 0.15) is 0 Å². The average molecular weight is 287 g/mol. The van der Waals surface area contributed by atoms with Gasteiger partial charge in [-0.1, -0.05) is 78.9 Å². The van der Waals surface area contributed by atoms with Gasteiger partial charge in [-0.3, -0.25) is 0 Å². The quantitative estimate of drug-likeness (QED) is 0.615. The molecule has 0 aliphatic rings. The van der Waals surface area contributed by atoms with Crippen LogP contribution >= 0.6 is 0 Å². The van der Waals surface area contributed by atoms with Crippen molar-refractivity contribution >= 4 is 5.69 Å². The summed E-state index contributed by atoms with van der Waals surface area (Å²) in [6.07, 6.45) is 0. The van der Waals surface area contributed by atoms with Crippen molar-refractivity contribution in [3.8, 4) is 0 Å². The van der Waals surface area contributed by atoms with E-state index in [-0.39, 0.29) is 5.92 Å². The summed E-state index contributed by atoms with van der Waals surface area (Å²) >= 11 is 0. The average Bonchev–Trinajstić information content (AvgIpc) is 2.57. The van der Waals surface area contributed by atoms with E-state index >= 15 is 0 Å². The summed E-state index contributed by atoms with van der Waals surface area (Å²) in [5.41, 5.74) is 5.25. The van der Waals surface area contributed by atoms with Crippen LogP contribution in [0.5, 0.6) is 0 Å². The molecule has 110 valence electrons. The van der Waals surface area contributed by atoms with Gasteiger partial charge >= 0.3 is 0 Å². The predicted molar refractivity (Wildman–Crippen MR) is 94.6 cm³/mol. The van der Waals surface area contributed by atoms with Gasteiger partial charge < -0.3 is 4.90 Å². The van der Waals surface area contributed by atoms with E-state index in [9.17, 15) is 0 Å². The largest absolute Gasteiger partial charge is 0.377 e. The Balaban J connectivity index is 2.19. The fourth-order valence-electron chi connectivity index (χ4n) is 2.98. The molecule has 0 amide bonds. The first-order chi connectivity index (χ1) is 10.8. The second-order valence-corrected chi connectivity index (χ2v) is 5.71. The molecule has 22 heavy (non-hydrogen) atoms. The van der Waals surface area contributed by atoms with E-state index in [0.717, 1.165) is 0 Å². The molecule has 0 aromatic heterocycles. The fourth-order valence-corrected chi connectivity index (χ4v) is 2.98. The smallest absolute Gasteiger partial charge is 0.0403 e. The van der Waals surface area contributed by atoms with Gasteiger partial charge in [0.25, 0.3) is 0 Å². The van der Waals surface area contributed by atoms with Crippen LogP contribution in [0.25, 0.3) is 0 Å². The molecule has 0 N–H and O–H groups in total. The lowest BCUT2D eigenvalue weighted by atomic mass is 9.84. The summed E-state index contributed by atoms with van der Waals surface area (Å²) in [5, 5.41) is 0. The SMILES string of the molecule is CN(C)c1ccccc1C(c1ccccc1)c1ccccc1. The molecule has 3 aromatic carbocycles. The van der Waals surface area contributed by atoms with E-state index in [1.807, 2.05) is 0 Å². The molecule has 1 heteroatoms. The van der Waals surface area contributed by atoms with E-state index < -0.39 is 0 Å². The van der Waals surface area contributed by atoms with Crippen molar-refractivity contribution in [2.24, 2.45) is 0 Å². The molecule has 0 spiro atoms. The van der Waals surface area contributed by atoms with Crippen molar-refractivity contribution in [3.63, 3.8) is 0 Å². The first kappa shape index (κ1) is 14.4. The van der Waals surface area contributed by atoms with Crippen LogP contribution in [0.4, 0.5) is 5.69 Å². The molecule has 3 aromatic rings. The van der Waals surface area contributed by atoms with Gasteiger partial charge in [0, 0.05) is 25.7 Å². The van der Waals surface area contributed by atoms with Crippen LogP contribution < -0.4 is 4.90 Å². The lowest BCUT2D eigenvalue weighted by Gasteiger charge is -2.25. The third kappa shape index (κ3) is 2.89. The topological polar surface area (TPSA) is 3.24 Å². The minimum Gasteiger partial charge on any atom is -0.377 e. The number of rotatable bonds is 4. The normalized spacial score (nSPS) is 10.7. The minimum atomic E-state index is 0.251. The summed E-state index contributed by atoms with van der Waals surface area (Å²) in [5.74, 6) is 0.251. The Kier molecular flexibility index (Phi) is 4.24. The second kappa shape index (κ2) is 6.48. The highest BCUT2D eigenvalue weighted by Crippen LogP contribution is 2.36. The maximum Gasteiger partial charge on any atom is 0.0403 e. The first-order valence-corrected chi connectivity index (χ1v) is 7.63. The maximum atomic E-state index is 2.24. The zero-order valence-corrected chi connectivity index (χ0v) is 13.1. The number of benzene rings is 3. The van der Waals surface area contributed by atoms with E-state index in [1.165, 1.54) is 22.4 Å². The van der Waals surface area contributed by atoms with Crippen molar-refractivity contribution < 1.29 is 0 Å². The van der Waals surface area contributed by atoms with E-state index in [4.69, 9.17) is 0 Å². The molecule has 3 rings (SSSR count). The molecular weight excluding hydrogens is 266 g/mol. The standard InChI is InChI=1S/C21H21N/c1-22(2)20-16-10-9-15-19(20)21(17-11-5-3-6-12-17)18-13-7-4-8-14-18/h3-16,21H,1-2H3. The highest BCUT2D eigenvalue weighted by molar-refractivity contribution is 5.59. The summed E-state index contributed by atoms with van der Waals surface area (Å²) in [6.45, 7) is 0. The zero-order valence-electron chi connectivity index (χ0n) is 13.1. The molecule has 0 atom stereocenters. The van der Waals surface area contributed by atoms with Crippen molar-refractivity contribution in [1.82, 2.24) is 0 Å². The number of anilines is 1. The lowest BCUT2D eigenvalue weighted by Crippen LogP contribution is -2.14. The molecular formula is C21H21N. The monoisotopic (exact) mass is 287 g/mol. The van der Waals surface area contributed by atoms with E-state index in [0.29, 0.717) is 0 Å². The van der Waals surface area contributed by atoms with Crippen LogP contribution in [0.15, 0.2) is 84.9 Å². The third-order valence-corrected chi connectivity index (χ3v) is 4.00. The Morgan fingerprint density at radius 2 is 1.05 bits per heavy atom. The third-order valence-electron chi connectivity index (χ3n) is 4.00. The van der Waals surface area contributed by atoms with Crippen molar-refractivity contribution in [2.75, 3.05) is 19.0 Å². The van der Waals surface area contributed by atoms with Gasteiger partial charge in [0.05, 0.1) is 0 Å². The van der Waals surface area contributed by atoms with Gasteiger partial charge in [-0.25, -0.2) is 0 Å². The van der Waals surface area contributed by atoms with E-state index in [1.54, 1.807) is 0 Å². The molecule has 0 bridgehead atoms. The highest BCUT2D eigenvalue weighted by atomic mass is 15.1. The molecule has 0 radical (unpaired) electrons. The van der Waals surface area contributed by atoms with Gasteiger partial charge in [0.15, 0.2) is 0 Å². The zero-order chi connectivity index (χ0) is 15.4. The van der Waals surface area contributed by atoms with Crippen LogP contribution in [0.2, 0.25) is 0 Å². The predicted octanol–water partition coefficient (Wildman–Crippen LogP) is 4.93. The van der Waals surface area contributed by atoms with Crippen molar-refractivity contribution in [2.45, 2.75) is 5.92 Å². The van der Waals surface area contributed by atoms with Crippen LogP contribution in [-0.4, -0.2) is 14.1 Å². The Morgan fingerprint density at radius 1 is 0.591 bits per heavy atom. The molecule has 0 unspecified atom stereocenters. The molecule has 1 nitrogen and oxygen atoms in total. The van der Waals surface area contributed by atoms with Gasteiger partial charge in [-0.05, 0) is 22.8 Å². The first-order valence-electron chi connectivity index (χ1n) is 7.63. The summed E-state index contributed by atoms with van der Waals surface area (Å²) in [7, 11) is 4.21. The summed E-state index contributed by atoms with van der Waals surface area (Å²) in [4.78, 5) is 2.19. The number of hydrogen-bond donors (Lipinski definition) is 0. The van der Waals surface area contributed by atoms with Crippen LogP contribution in [0, 0.1) is 0 Å². The summed E-state index contributed by atoms with van der Waals surface area (Å²) in [6, 6.07) is 30.1. The Labute approximate surface area is 132 Å². The fraction of sp³-hybridized carbons (Fsp3) is 0.143. The van der Waals surface area contributed by atoms with Crippen LogP contribution in [0.1, 0.15) is 22.6 Å². The van der Waals surface area contributed by atoms with Crippen molar-refractivity contribution in [1.29, 1.82) is 0 Å². The van der Waals surface area contributed by atoms with Gasteiger partial charge in [-0.2, -0.15) is 0 Å². The van der Waals surface area contributed by atoms with Crippen molar-refractivity contribution in [3.05, 3.63) is 102 Å². The summed E-state index contributed by atoms with van der Waals surface area (Å²) < 4.78 is 0. The number of hydrogen-bond acceptors (Lipinski definition) is 1. The molecule has 0 aliphatic carbocycles. The molecule has 0 heterocycles. The molecule has 0 fully saturated rings. The molecule has 0 saturated carbocycles. The second-order valence-electron chi connectivity index (χ2n) is 5.71. The van der Waals surface area contributed by atoms with Gasteiger partial charge in [0.2, 0.25) is 0 Å². The van der Waals surface area contributed by atoms with Crippen LogP contribution in [0.3, 0.4) is 0 Å². The lowest BCUT2D eigenvalue weighted by molar-refractivity contribution is 0.958. The molecule has 0 saturated heterocycles. The highest BCUT2D eigenvalue weighted by Gasteiger charge is 2.19.